The molecule has 1 amide bonds. The maximum Gasteiger partial charge on any atom is 0.277 e. The van der Waals surface area contributed by atoms with Gasteiger partial charge < -0.3 is 9.73 Å². The zero-order chi connectivity index (χ0) is 19.9. The Kier molecular flexibility index (Phi) is 6.87. The average molecular weight is 396 g/mol. The van der Waals surface area contributed by atoms with Crippen molar-refractivity contribution in [3.8, 4) is 11.5 Å². The fourth-order valence-electron chi connectivity index (χ4n) is 2.96. The van der Waals surface area contributed by atoms with Gasteiger partial charge in [0.1, 0.15) is 0 Å². The molecule has 1 heterocycles. The van der Waals surface area contributed by atoms with Crippen LogP contribution in [-0.4, -0.2) is 21.9 Å². The van der Waals surface area contributed by atoms with Crippen molar-refractivity contribution in [3.05, 3.63) is 65.7 Å². The van der Waals surface area contributed by atoms with Gasteiger partial charge in [-0.25, -0.2) is 0 Å². The number of carbonyl (C=O) groups excluding carboxylic acids is 1. The van der Waals surface area contributed by atoms with Gasteiger partial charge in [-0.2, -0.15) is 0 Å². The second-order valence-corrected chi connectivity index (χ2v) is 8.12. The monoisotopic (exact) mass is 395 g/mol. The lowest BCUT2D eigenvalue weighted by Crippen LogP contribution is -2.30. The van der Waals surface area contributed by atoms with Gasteiger partial charge in [-0.15, -0.1) is 10.2 Å². The molecule has 5 nitrogen and oxygen atoms in total. The molecule has 0 unspecified atom stereocenters. The second-order valence-electron chi connectivity index (χ2n) is 7.19. The molecule has 0 bridgehead atoms. The maximum atomic E-state index is 12.5. The van der Waals surface area contributed by atoms with Gasteiger partial charge in [-0.1, -0.05) is 73.6 Å². The van der Waals surface area contributed by atoms with E-state index in [1.165, 1.54) is 11.8 Å². The Labute approximate surface area is 170 Å². The molecule has 0 aliphatic carbocycles. The number of aryl methyl sites for hydroxylation is 1. The summed E-state index contributed by atoms with van der Waals surface area (Å²) in [4.78, 5) is 12.5. The number of hydrogen-bond donors (Lipinski definition) is 1. The van der Waals surface area contributed by atoms with E-state index in [-0.39, 0.29) is 17.7 Å². The average Bonchev–Trinajstić information content (AvgIpc) is 3.15. The van der Waals surface area contributed by atoms with Crippen LogP contribution >= 0.6 is 11.8 Å². The molecule has 3 rings (SSSR count). The minimum atomic E-state index is -0.0465. The molecule has 0 radical (unpaired) electrons. The molecule has 146 valence electrons. The summed E-state index contributed by atoms with van der Waals surface area (Å²) in [6.07, 6.45) is 0.887. The van der Waals surface area contributed by atoms with Crippen molar-refractivity contribution in [2.24, 2.45) is 5.92 Å². The summed E-state index contributed by atoms with van der Waals surface area (Å²) < 4.78 is 5.69. The Bertz CT molecular complexity index is 909. The number of benzene rings is 2. The van der Waals surface area contributed by atoms with Crippen LogP contribution in [0.1, 0.15) is 37.4 Å². The number of rotatable bonds is 8. The summed E-state index contributed by atoms with van der Waals surface area (Å²) in [5.74, 6) is 1.13. The smallest absolute Gasteiger partial charge is 0.277 e. The summed E-state index contributed by atoms with van der Waals surface area (Å²) in [7, 11) is 0. The third kappa shape index (κ3) is 5.70. The Balaban J connectivity index is 1.59. The van der Waals surface area contributed by atoms with Crippen molar-refractivity contribution < 1.29 is 9.21 Å². The molecule has 0 fully saturated rings. The van der Waals surface area contributed by atoms with Crippen molar-refractivity contribution in [2.45, 2.75) is 38.5 Å². The van der Waals surface area contributed by atoms with E-state index in [9.17, 15) is 4.79 Å². The van der Waals surface area contributed by atoms with Crippen LogP contribution in [0.4, 0.5) is 0 Å². The normalized spacial score (nSPS) is 12.1. The first kappa shape index (κ1) is 20.1. The molecule has 0 aliphatic heterocycles. The van der Waals surface area contributed by atoms with Crippen LogP contribution in [0.15, 0.2) is 64.2 Å². The van der Waals surface area contributed by atoms with Crippen LogP contribution in [0.3, 0.4) is 0 Å². The van der Waals surface area contributed by atoms with E-state index in [2.05, 4.69) is 29.4 Å². The topological polar surface area (TPSA) is 68.0 Å². The molecule has 0 saturated heterocycles. The molecular formula is C22H25N3O2S. The highest BCUT2D eigenvalue weighted by molar-refractivity contribution is 7.99. The van der Waals surface area contributed by atoms with Gasteiger partial charge >= 0.3 is 0 Å². The highest BCUT2D eigenvalue weighted by Crippen LogP contribution is 2.25. The maximum absolute atomic E-state index is 12.5. The lowest BCUT2D eigenvalue weighted by molar-refractivity contribution is -0.119. The second kappa shape index (κ2) is 9.55. The molecule has 0 aliphatic rings. The summed E-state index contributed by atoms with van der Waals surface area (Å²) >= 11 is 1.25. The third-order valence-electron chi connectivity index (χ3n) is 4.24. The lowest BCUT2D eigenvalue weighted by Gasteiger charge is -2.21. The first-order valence-corrected chi connectivity index (χ1v) is 10.4. The first-order chi connectivity index (χ1) is 13.5. The number of hydrogen-bond acceptors (Lipinski definition) is 5. The molecule has 28 heavy (non-hydrogen) atoms. The molecular weight excluding hydrogens is 370 g/mol. The minimum absolute atomic E-state index is 0.000148. The number of amides is 1. The van der Waals surface area contributed by atoms with E-state index in [0.29, 0.717) is 17.0 Å². The van der Waals surface area contributed by atoms with Crippen molar-refractivity contribution in [3.63, 3.8) is 0 Å². The highest BCUT2D eigenvalue weighted by atomic mass is 32.2. The molecule has 1 aromatic heterocycles. The number of thioether (sulfide) groups is 1. The van der Waals surface area contributed by atoms with Gasteiger partial charge in [0.25, 0.3) is 5.22 Å². The van der Waals surface area contributed by atoms with Crippen molar-refractivity contribution in [1.82, 2.24) is 15.5 Å². The Morgan fingerprint density at radius 2 is 1.89 bits per heavy atom. The van der Waals surface area contributed by atoms with Gasteiger partial charge in [0, 0.05) is 5.56 Å². The van der Waals surface area contributed by atoms with Crippen molar-refractivity contribution in [1.29, 1.82) is 0 Å². The molecule has 0 spiro atoms. The zero-order valence-corrected chi connectivity index (χ0v) is 17.2. The Morgan fingerprint density at radius 1 is 1.11 bits per heavy atom. The molecule has 6 heteroatoms. The number of carbonyl (C=O) groups is 1. The van der Waals surface area contributed by atoms with Crippen LogP contribution in [0.25, 0.3) is 11.5 Å². The molecule has 1 N–H and O–H groups in total. The van der Waals surface area contributed by atoms with Crippen molar-refractivity contribution in [2.75, 3.05) is 5.75 Å². The van der Waals surface area contributed by atoms with Crippen molar-refractivity contribution >= 4 is 17.7 Å². The van der Waals surface area contributed by atoms with Gasteiger partial charge in [-0.05, 0) is 37.0 Å². The van der Waals surface area contributed by atoms with E-state index in [1.54, 1.807) is 0 Å². The van der Waals surface area contributed by atoms with E-state index in [4.69, 9.17) is 4.42 Å². The number of nitrogens with one attached hydrogen (secondary N) is 1. The SMILES string of the molecule is Cc1cccc(-c2nnc(SCC(=O)N[C@@H](CC(C)C)c3ccccc3)o2)c1. The fraction of sp³-hybridized carbons (Fsp3) is 0.318. The lowest BCUT2D eigenvalue weighted by atomic mass is 9.97. The third-order valence-corrected chi connectivity index (χ3v) is 5.06. The van der Waals surface area contributed by atoms with Crippen LogP contribution in [0, 0.1) is 12.8 Å². The quantitative estimate of drug-likeness (QED) is 0.541. The molecule has 0 saturated carbocycles. The summed E-state index contributed by atoms with van der Waals surface area (Å²) in [6, 6.07) is 18.0. The zero-order valence-electron chi connectivity index (χ0n) is 16.4. The van der Waals surface area contributed by atoms with Crippen LogP contribution in [0.2, 0.25) is 0 Å². The fourth-order valence-corrected chi connectivity index (χ4v) is 3.54. The minimum Gasteiger partial charge on any atom is -0.411 e. The van der Waals surface area contributed by atoms with Crippen LogP contribution in [0.5, 0.6) is 0 Å². The Hall–Kier alpha value is -2.60. The van der Waals surface area contributed by atoms with E-state index < -0.39 is 0 Å². The van der Waals surface area contributed by atoms with Crippen LogP contribution in [-0.2, 0) is 4.79 Å². The van der Waals surface area contributed by atoms with Crippen LogP contribution < -0.4 is 5.32 Å². The van der Waals surface area contributed by atoms with E-state index >= 15 is 0 Å². The predicted octanol–water partition coefficient (Wildman–Crippen LogP) is 5.04. The molecule has 1 atom stereocenters. The van der Waals surface area contributed by atoms with Gasteiger partial charge in [0.15, 0.2) is 0 Å². The first-order valence-electron chi connectivity index (χ1n) is 9.39. The number of nitrogens with zero attached hydrogens (tertiary/aromatic N) is 2. The summed E-state index contributed by atoms with van der Waals surface area (Å²) in [5.41, 5.74) is 3.13. The Morgan fingerprint density at radius 3 is 2.61 bits per heavy atom. The van der Waals surface area contributed by atoms with Gasteiger partial charge in [-0.3, -0.25) is 4.79 Å². The number of aromatic nitrogens is 2. The predicted molar refractivity (Wildman–Crippen MR) is 112 cm³/mol. The van der Waals surface area contributed by atoms with E-state index in [0.717, 1.165) is 23.1 Å². The molecule has 2 aromatic carbocycles. The summed E-state index contributed by atoms with van der Waals surface area (Å²) in [5, 5.41) is 11.7. The van der Waals surface area contributed by atoms with E-state index in [1.807, 2.05) is 61.5 Å². The highest BCUT2D eigenvalue weighted by Gasteiger charge is 2.17. The summed E-state index contributed by atoms with van der Waals surface area (Å²) in [6.45, 7) is 6.32. The van der Waals surface area contributed by atoms with Gasteiger partial charge in [0.2, 0.25) is 11.8 Å². The molecule has 3 aromatic rings. The van der Waals surface area contributed by atoms with Gasteiger partial charge in [0.05, 0.1) is 11.8 Å². The largest absolute Gasteiger partial charge is 0.411 e. The standard InChI is InChI=1S/C22H25N3O2S/c1-15(2)12-19(17-9-5-4-6-10-17)23-20(26)14-28-22-25-24-21(27-22)18-11-7-8-16(3)13-18/h4-11,13,15,19H,12,14H2,1-3H3,(H,23,26)/t19-/m0/s1.